The quantitative estimate of drug-likeness (QED) is 0.670. The standard InChI is InChI=1S/C18H12ClN3O3/c1-10(22-17(23)13-4-2-3-5-14(13)18(22)24)16-20-15(21-25-16)11-6-8-12(19)9-7-11/h2-10H,1H3. The van der Waals surface area contributed by atoms with Gasteiger partial charge < -0.3 is 4.52 Å². The van der Waals surface area contributed by atoms with Crippen LogP contribution in [-0.4, -0.2) is 26.9 Å². The summed E-state index contributed by atoms with van der Waals surface area (Å²) in [5.74, 6) is -0.159. The number of fused-ring (bicyclic) bond motifs is 1. The summed E-state index contributed by atoms with van der Waals surface area (Å²) in [6, 6.07) is 13.0. The zero-order valence-corrected chi connectivity index (χ0v) is 13.9. The summed E-state index contributed by atoms with van der Waals surface area (Å²) in [7, 11) is 0. The van der Waals surface area contributed by atoms with Crippen molar-refractivity contribution in [1.82, 2.24) is 15.0 Å². The van der Waals surface area contributed by atoms with Crippen LogP contribution in [0.5, 0.6) is 0 Å². The lowest BCUT2D eigenvalue weighted by Crippen LogP contribution is -2.32. The first-order valence-corrected chi connectivity index (χ1v) is 8.00. The average molecular weight is 354 g/mol. The van der Waals surface area contributed by atoms with E-state index in [2.05, 4.69) is 10.1 Å². The molecule has 2 heterocycles. The molecule has 2 aromatic carbocycles. The molecule has 124 valence electrons. The highest BCUT2D eigenvalue weighted by molar-refractivity contribution is 6.30. The van der Waals surface area contributed by atoms with E-state index in [4.69, 9.17) is 16.1 Å². The number of nitrogens with zero attached hydrogens (tertiary/aromatic N) is 3. The summed E-state index contributed by atoms with van der Waals surface area (Å²) in [5.41, 5.74) is 1.50. The fraction of sp³-hybridized carbons (Fsp3) is 0.111. The van der Waals surface area contributed by atoms with Gasteiger partial charge in [0.2, 0.25) is 11.7 Å². The lowest BCUT2D eigenvalue weighted by molar-refractivity contribution is 0.0568. The Labute approximate surface area is 148 Å². The van der Waals surface area contributed by atoms with Crippen molar-refractivity contribution in [2.75, 3.05) is 0 Å². The van der Waals surface area contributed by atoms with E-state index in [9.17, 15) is 9.59 Å². The van der Waals surface area contributed by atoms with Gasteiger partial charge in [-0.2, -0.15) is 4.98 Å². The molecule has 7 heteroatoms. The van der Waals surface area contributed by atoms with Gasteiger partial charge in [0.1, 0.15) is 6.04 Å². The van der Waals surface area contributed by atoms with Gasteiger partial charge in [-0.25, -0.2) is 0 Å². The molecule has 0 radical (unpaired) electrons. The number of rotatable bonds is 3. The molecule has 3 aromatic rings. The number of halogens is 1. The van der Waals surface area contributed by atoms with Gasteiger partial charge in [0.25, 0.3) is 11.8 Å². The first kappa shape index (κ1) is 15.5. The molecule has 4 rings (SSSR count). The molecule has 1 unspecified atom stereocenters. The second-order valence-corrected chi connectivity index (χ2v) is 6.10. The predicted octanol–water partition coefficient (Wildman–Crippen LogP) is 3.75. The van der Waals surface area contributed by atoms with Crippen LogP contribution in [0.2, 0.25) is 5.02 Å². The second kappa shape index (κ2) is 5.82. The lowest BCUT2D eigenvalue weighted by atomic mass is 10.1. The van der Waals surface area contributed by atoms with Crippen molar-refractivity contribution in [3.63, 3.8) is 0 Å². The maximum atomic E-state index is 12.5. The highest BCUT2D eigenvalue weighted by atomic mass is 35.5. The second-order valence-electron chi connectivity index (χ2n) is 5.66. The Kier molecular flexibility index (Phi) is 3.62. The third-order valence-corrected chi connectivity index (χ3v) is 4.37. The van der Waals surface area contributed by atoms with E-state index in [1.807, 2.05) is 0 Å². The number of carbonyl (C=O) groups excluding carboxylic acids is 2. The van der Waals surface area contributed by atoms with Crippen LogP contribution in [0, 0.1) is 0 Å². The summed E-state index contributed by atoms with van der Waals surface area (Å²) in [4.78, 5) is 30.5. The van der Waals surface area contributed by atoms with E-state index in [0.717, 1.165) is 10.5 Å². The van der Waals surface area contributed by atoms with E-state index < -0.39 is 6.04 Å². The molecule has 0 fully saturated rings. The molecular weight excluding hydrogens is 342 g/mol. The number of hydrogen-bond acceptors (Lipinski definition) is 5. The van der Waals surface area contributed by atoms with E-state index in [0.29, 0.717) is 22.0 Å². The Hall–Kier alpha value is -2.99. The molecule has 1 aliphatic rings. The number of benzene rings is 2. The molecule has 0 spiro atoms. The van der Waals surface area contributed by atoms with E-state index in [-0.39, 0.29) is 17.7 Å². The maximum Gasteiger partial charge on any atom is 0.262 e. The van der Waals surface area contributed by atoms with Gasteiger partial charge in [0.15, 0.2) is 0 Å². The Morgan fingerprint density at radius 3 is 2.20 bits per heavy atom. The highest BCUT2D eigenvalue weighted by Crippen LogP contribution is 2.31. The molecule has 1 atom stereocenters. The van der Waals surface area contributed by atoms with Crippen molar-refractivity contribution in [1.29, 1.82) is 0 Å². The van der Waals surface area contributed by atoms with Gasteiger partial charge >= 0.3 is 0 Å². The molecule has 0 aliphatic carbocycles. The molecule has 0 bridgehead atoms. The zero-order chi connectivity index (χ0) is 17.6. The summed E-state index contributed by atoms with van der Waals surface area (Å²) in [6.07, 6.45) is 0. The fourth-order valence-electron chi connectivity index (χ4n) is 2.79. The van der Waals surface area contributed by atoms with Crippen molar-refractivity contribution in [2.24, 2.45) is 0 Å². The van der Waals surface area contributed by atoms with Gasteiger partial charge in [-0.1, -0.05) is 28.9 Å². The maximum absolute atomic E-state index is 12.5. The van der Waals surface area contributed by atoms with Crippen molar-refractivity contribution in [3.8, 4) is 11.4 Å². The van der Waals surface area contributed by atoms with Gasteiger partial charge in [0.05, 0.1) is 11.1 Å². The van der Waals surface area contributed by atoms with Gasteiger partial charge in [-0.05, 0) is 43.3 Å². The van der Waals surface area contributed by atoms with Crippen molar-refractivity contribution < 1.29 is 14.1 Å². The number of carbonyl (C=O) groups is 2. The van der Waals surface area contributed by atoms with Crippen LogP contribution in [0.25, 0.3) is 11.4 Å². The Morgan fingerprint density at radius 1 is 1.00 bits per heavy atom. The minimum atomic E-state index is -0.666. The van der Waals surface area contributed by atoms with Crippen molar-refractivity contribution >= 4 is 23.4 Å². The number of amides is 2. The number of aromatic nitrogens is 2. The van der Waals surface area contributed by atoms with Crippen LogP contribution < -0.4 is 0 Å². The van der Waals surface area contributed by atoms with Crippen LogP contribution >= 0.6 is 11.6 Å². The van der Waals surface area contributed by atoms with E-state index in [1.54, 1.807) is 55.5 Å². The molecule has 0 saturated carbocycles. The zero-order valence-electron chi connectivity index (χ0n) is 13.1. The normalized spacial score (nSPS) is 14.7. The van der Waals surface area contributed by atoms with E-state index >= 15 is 0 Å². The highest BCUT2D eigenvalue weighted by Gasteiger charge is 2.40. The van der Waals surface area contributed by atoms with Gasteiger partial charge in [0, 0.05) is 10.6 Å². The molecule has 6 nitrogen and oxygen atoms in total. The number of hydrogen-bond donors (Lipinski definition) is 0. The van der Waals surface area contributed by atoms with E-state index in [1.165, 1.54) is 0 Å². The van der Waals surface area contributed by atoms with Crippen LogP contribution in [0.15, 0.2) is 53.1 Å². The smallest absolute Gasteiger partial charge is 0.262 e. The molecule has 1 aliphatic heterocycles. The molecule has 2 amide bonds. The third-order valence-electron chi connectivity index (χ3n) is 4.11. The molecule has 25 heavy (non-hydrogen) atoms. The largest absolute Gasteiger partial charge is 0.337 e. The predicted molar refractivity (Wildman–Crippen MR) is 90.1 cm³/mol. The molecular formula is C18H12ClN3O3. The van der Waals surface area contributed by atoms with Gasteiger partial charge in [-0.15, -0.1) is 0 Å². The summed E-state index contributed by atoms with van der Waals surface area (Å²) < 4.78 is 5.28. The Balaban J connectivity index is 1.64. The SMILES string of the molecule is CC(c1nc(-c2ccc(Cl)cc2)no1)N1C(=O)c2ccccc2C1=O. The monoisotopic (exact) mass is 353 g/mol. The summed E-state index contributed by atoms with van der Waals surface area (Å²) in [6.45, 7) is 1.68. The number of imide groups is 1. The summed E-state index contributed by atoms with van der Waals surface area (Å²) in [5, 5.41) is 4.53. The van der Waals surface area contributed by atoms with Crippen LogP contribution in [0.4, 0.5) is 0 Å². The fourth-order valence-corrected chi connectivity index (χ4v) is 2.92. The summed E-state index contributed by atoms with van der Waals surface area (Å²) >= 11 is 5.87. The van der Waals surface area contributed by atoms with Gasteiger partial charge in [-0.3, -0.25) is 14.5 Å². The first-order chi connectivity index (χ1) is 12.1. The minimum Gasteiger partial charge on any atom is -0.337 e. The average Bonchev–Trinajstić information content (AvgIpc) is 3.20. The molecule has 0 saturated heterocycles. The molecule has 1 aromatic heterocycles. The Morgan fingerprint density at radius 2 is 1.60 bits per heavy atom. The minimum absolute atomic E-state index is 0.194. The van der Waals surface area contributed by atoms with Crippen molar-refractivity contribution in [3.05, 3.63) is 70.6 Å². The van der Waals surface area contributed by atoms with Crippen LogP contribution in [-0.2, 0) is 0 Å². The Bertz CT molecular complexity index is 946. The van der Waals surface area contributed by atoms with Crippen molar-refractivity contribution in [2.45, 2.75) is 13.0 Å². The first-order valence-electron chi connectivity index (χ1n) is 7.62. The lowest BCUT2D eigenvalue weighted by Gasteiger charge is -2.18. The van der Waals surface area contributed by atoms with Crippen LogP contribution in [0.1, 0.15) is 39.6 Å². The third kappa shape index (κ3) is 2.51. The van der Waals surface area contributed by atoms with Crippen LogP contribution in [0.3, 0.4) is 0 Å². The topological polar surface area (TPSA) is 76.3 Å². The molecule has 0 N–H and O–H groups in total.